The van der Waals surface area contributed by atoms with Crippen molar-refractivity contribution < 1.29 is 43.4 Å². The highest BCUT2D eigenvalue weighted by atomic mass is 19.3. The Kier molecular flexibility index (Phi) is 7.89. The second-order valence-electron chi connectivity index (χ2n) is 11.7. The Morgan fingerprint density at radius 3 is 2.49 bits per heavy atom. The van der Waals surface area contributed by atoms with E-state index in [-0.39, 0.29) is 36.5 Å². The van der Waals surface area contributed by atoms with Crippen molar-refractivity contribution in [3.63, 3.8) is 0 Å². The van der Waals surface area contributed by atoms with Crippen LogP contribution in [0.5, 0.6) is 11.6 Å². The molecular weight excluding hydrogens is 614 g/mol. The zero-order valence-corrected chi connectivity index (χ0v) is 25.1. The summed E-state index contributed by atoms with van der Waals surface area (Å²) < 4.78 is 49.1. The lowest BCUT2D eigenvalue weighted by atomic mass is 9.86. The molecule has 1 aliphatic heterocycles. The molecule has 7 rings (SSSR count). The molecule has 0 radical (unpaired) electrons. The van der Waals surface area contributed by atoms with E-state index < -0.39 is 42.2 Å². The summed E-state index contributed by atoms with van der Waals surface area (Å²) in [5, 5.41) is 43.2. The van der Waals surface area contributed by atoms with Crippen molar-refractivity contribution in [3.8, 4) is 23.0 Å². The molecule has 6 atom stereocenters. The molecule has 2 aromatic heterocycles. The van der Waals surface area contributed by atoms with Crippen LogP contribution in [0.1, 0.15) is 35.4 Å². The standard InChI is InChI=1S/C34H32F2N4O7/c1-45-31-25-30(38-29(39-31)20-9-3-2-4-10-20)40(18-37-25)32-27(42)26(41)24(47-32)17-46-21-11-7-8-19(16-21)14-15-33(44)23-13-6-5-12-22(23)28(43)34(33,35)36/h2-13,16,18,24,26-28,32,41-44H,14-15,17H2,1H3/t24-,26-,27-,28+,32-,33-/m1/s1. The fourth-order valence-corrected chi connectivity index (χ4v) is 6.34. The lowest BCUT2D eigenvalue weighted by Crippen LogP contribution is -2.44. The van der Waals surface area contributed by atoms with Gasteiger partial charge in [-0.25, -0.2) is 9.97 Å². The van der Waals surface area contributed by atoms with Gasteiger partial charge in [0.25, 0.3) is 0 Å². The minimum atomic E-state index is -3.76. The average Bonchev–Trinajstić information content (AvgIpc) is 3.69. The number of benzene rings is 3. The number of ether oxygens (including phenoxy) is 3. The second kappa shape index (κ2) is 11.9. The molecule has 0 amide bonds. The summed E-state index contributed by atoms with van der Waals surface area (Å²) in [7, 11) is 1.47. The number of rotatable bonds is 9. The summed E-state index contributed by atoms with van der Waals surface area (Å²) in [6, 6.07) is 21.9. The van der Waals surface area contributed by atoms with Crippen LogP contribution in [0.4, 0.5) is 8.78 Å². The molecule has 5 aromatic rings. The number of hydrogen-bond acceptors (Lipinski definition) is 10. The normalized spacial score (nSPS) is 26.4. The Morgan fingerprint density at radius 1 is 0.936 bits per heavy atom. The van der Waals surface area contributed by atoms with Gasteiger partial charge in [0, 0.05) is 5.56 Å². The second-order valence-corrected chi connectivity index (χ2v) is 11.7. The smallest absolute Gasteiger partial charge is 0.309 e. The summed E-state index contributed by atoms with van der Waals surface area (Å²) in [4.78, 5) is 13.5. The number of methoxy groups -OCH3 is 1. The van der Waals surface area contributed by atoms with Crippen molar-refractivity contribution in [2.75, 3.05) is 13.7 Å². The van der Waals surface area contributed by atoms with Crippen LogP contribution in [0.3, 0.4) is 0 Å². The summed E-state index contributed by atoms with van der Waals surface area (Å²) >= 11 is 0. The summed E-state index contributed by atoms with van der Waals surface area (Å²) in [6.07, 6.45) is -5.59. The first-order chi connectivity index (χ1) is 22.6. The van der Waals surface area contributed by atoms with Crippen LogP contribution in [0.2, 0.25) is 0 Å². The first-order valence-corrected chi connectivity index (χ1v) is 15.1. The van der Waals surface area contributed by atoms with Gasteiger partial charge in [0.05, 0.1) is 13.4 Å². The molecule has 1 saturated heterocycles. The van der Waals surface area contributed by atoms with Gasteiger partial charge < -0.3 is 34.6 Å². The van der Waals surface area contributed by atoms with Crippen molar-refractivity contribution in [2.24, 2.45) is 0 Å². The maximum Gasteiger partial charge on any atom is 0.309 e. The number of nitrogens with zero attached hydrogens (tertiary/aromatic N) is 4. The Bertz CT molecular complexity index is 1910. The van der Waals surface area contributed by atoms with E-state index in [2.05, 4.69) is 15.0 Å². The number of imidazole rings is 1. The van der Waals surface area contributed by atoms with Crippen molar-refractivity contribution in [1.82, 2.24) is 19.5 Å². The molecule has 0 bridgehead atoms. The highest BCUT2D eigenvalue weighted by molar-refractivity contribution is 5.79. The van der Waals surface area contributed by atoms with E-state index in [1.165, 1.54) is 30.1 Å². The molecule has 11 nitrogen and oxygen atoms in total. The SMILES string of the molecule is COc1nc(-c2ccccc2)nc2c1ncn2[C@@H]1O[C@H](COc2cccc(CC[C@@]3(O)c4ccccc4[C@H](O)C3(F)F)c2)[C@@H](O)[C@H]1O. The lowest BCUT2D eigenvalue weighted by Gasteiger charge is -2.32. The monoisotopic (exact) mass is 646 g/mol. The van der Waals surface area contributed by atoms with Crippen LogP contribution < -0.4 is 9.47 Å². The summed E-state index contributed by atoms with van der Waals surface area (Å²) in [5.74, 6) is -2.77. The molecule has 0 saturated carbocycles. The van der Waals surface area contributed by atoms with Crippen LogP contribution in [-0.4, -0.2) is 77.9 Å². The molecule has 3 heterocycles. The summed E-state index contributed by atoms with van der Waals surface area (Å²) in [6.45, 7) is -0.139. The van der Waals surface area contributed by atoms with Gasteiger partial charge in [0.15, 0.2) is 28.8 Å². The van der Waals surface area contributed by atoms with Gasteiger partial charge in [0.1, 0.15) is 36.8 Å². The Balaban J connectivity index is 1.05. The molecule has 4 N–H and O–H groups in total. The Labute approximate surface area is 267 Å². The first-order valence-electron chi connectivity index (χ1n) is 15.1. The lowest BCUT2D eigenvalue weighted by molar-refractivity contribution is -0.226. The van der Waals surface area contributed by atoms with E-state index >= 15 is 8.78 Å². The van der Waals surface area contributed by atoms with Crippen LogP contribution >= 0.6 is 0 Å². The van der Waals surface area contributed by atoms with Crippen molar-refractivity contribution in [1.29, 1.82) is 0 Å². The fraction of sp³-hybridized carbons (Fsp3) is 0.324. The predicted molar refractivity (Wildman–Crippen MR) is 164 cm³/mol. The fourth-order valence-electron chi connectivity index (χ4n) is 6.34. The topological polar surface area (TPSA) is 152 Å². The largest absolute Gasteiger partial charge is 0.491 e. The summed E-state index contributed by atoms with van der Waals surface area (Å²) in [5.41, 5.74) is -0.463. The van der Waals surface area contributed by atoms with E-state index in [0.29, 0.717) is 28.3 Å². The molecule has 13 heteroatoms. The third-order valence-electron chi connectivity index (χ3n) is 8.91. The molecule has 1 aliphatic carbocycles. The number of aliphatic hydroxyl groups is 4. The van der Waals surface area contributed by atoms with E-state index in [4.69, 9.17) is 14.2 Å². The van der Waals surface area contributed by atoms with Crippen LogP contribution in [-0.2, 0) is 16.8 Å². The molecule has 2 aliphatic rings. The molecule has 244 valence electrons. The van der Waals surface area contributed by atoms with Gasteiger partial charge in [-0.2, -0.15) is 13.8 Å². The van der Waals surface area contributed by atoms with Gasteiger partial charge in [-0.3, -0.25) is 4.57 Å². The van der Waals surface area contributed by atoms with E-state index in [0.717, 1.165) is 5.56 Å². The molecule has 3 aromatic carbocycles. The third-order valence-corrected chi connectivity index (χ3v) is 8.91. The van der Waals surface area contributed by atoms with Crippen molar-refractivity contribution in [2.45, 2.75) is 55.0 Å². The molecule has 47 heavy (non-hydrogen) atoms. The highest BCUT2D eigenvalue weighted by Gasteiger charge is 2.64. The van der Waals surface area contributed by atoms with Crippen molar-refractivity contribution >= 4 is 11.2 Å². The Hall–Kier alpha value is -4.53. The highest BCUT2D eigenvalue weighted by Crippen LogP contribution is 2.56. The Morgan fingerprint density at radius 2 is 1.70 bits per heavy atom. The van der Waals surface area contributed by atoms with E-state index in [1.54, 1.807) is 36.4 Å². The quantitative estimate of drug-likeness (QED) is 0.187. The number of aryl methyl sites for hydroxylation is 1. The number of alkyl halides is 2. The average molecular weight is 647 g/mol. The van der Waals surface area contributed by atoms with Crippen LogP contribution in [0.15, 0.2) is 85.2 Å². The van der Waals surface area contributed by atoms with Gasteiger partial charge in [0.2, 0.25) is 5.88 Å². The minimum absolute atomic E-state index is 0.0113. The number of aliphatic hydroxyl groups excluding tert-OH is 3. The number of aromatic nitrogens is 4. The van der Waals surface area contributed by atoms with Gasteiger partial charge in [-0.15, -0.1) is 0 Å². The maximum absolute atomic E-state index is 15.1. The zero-order chi connectivity index (χ0) is 32.9. The van der Waals surface area contributed by atoms with Gasteiger partial charge in [-0.1, -0.05) is 66.7 Å². The molecule has 0 unspecified atom stereocenters. The molecule has 1 fully saturated rings. The van der Waals surface area contributed by atoms with Crippen LogP contribution in [0.25, 0.3) is 22.6 Å². The van der Waals surface area contributed by atoms with E-state index in [9.17, 15) is 20.4 Å². The maximum atomic E-state index is 15.1. The minimum Gasteiger partial charge on any atom is -0.491 e. The number of halogens is 2. The van der Waals surface area contributed by atoms with E-state index in [1.807, 2.05) is 30.3 Å². The number of fused-ring (bicyclic) bond motifs is 2. The molecule has 0 spiro atoms. The number of hydrogen-bond donors (Lipinski definition) is 4. The van der Waals surface area contributed by atoms with Gasteiger partial charge >= 0.3 is 5.92 Å². The van der Waals surface area contributed by atoms with Gasteiger partial charge in [-0.05, 0) is 41.7 Å². The first kappa shape index (κ1) is 31.1. The van der Waals surface area contributed by atoms with Crippen LogP contribution in [0, 0.1) is 0 Å². The molecular formula is C34H32F2N4O7. The third kappa shape index (κ3) is 5.20. The predicted octanol–water partition coefficient (Wildman–Crippen LogP) is 3.70. The van der Waals surface area contributed by atoms with Crippen molar-refractivity contribution in [3.05, 3.63) is 102 Å². The zero-order valence-electron chi connectivity index (χ0n) is 25.1.